The van der Waals surface area contributed by atoms with Crippen LogP contribution in [-0.4, -0.2) is 28.6 Å². The summed E-state index contributed by atoms with van der Waals surface area (Å²) < 4.78 is 13.3. The van der Waals surface area contributed by atoms with E-state index in [9.17, 15) is 19.1 Å². The van der Waals surface area contributed by atoms with Crippen LogP contribution in [-0.2, 0) is 4.79 Å². The van der Waals surface area contributed by atoms with Crippen molar-refractivity contribution >= 4 is 11.9 Å². The minimum atomic E-state index is -0.847. The molecule has 0 atom stereocenters. The molecule has 1 rings (SSSR count). The Balaban J connectivity index is 2.34. The number of carbonyl (C=O) groups excluding carboxylic acids is 1. The third-order valence-corrected chi connectivity index (χ3v) is 2.57. The number of benzene rings is 1. The summed E-state index contributed by atoms with van der Waals surface area (Å²) in [5.74, 6) is -2.69. The number of unbranched alkanes of at least 4 members (excludes halogenated alkanes) is 2. The smallest absolute Gasteiger partial charge is 0.303 e. The number of amides is 1. The first-order valence-electron chi connectivity index (χ1n) is 6.00. The Labute approximate surface area is 110 Å². The molecule has 0 saturated heterocycles. The Morgan fingerprint density at radius 3 is 2.58 bits per heavy atom. The van der Waals surface area contributed by atoms with Crippen molar-refractivity contribution in [2.24, 2.45) is 0 Å². The Morgan fingerprint density at radius 2 is 1.95 bits per heavy atom. The average molecular weight is 269 g/mol. The lowest BCUT2D eigenvalue weighted by atomic mass is 10.1. The van der Waals surface area contributed by atoms with E-state index in [0.29, 0.717) is 25.8 Å². The molecule has 0 aliphatic carbocycles. The van der Waals surface area contributed by atoms with Gasteiger partial charge in [-0.1, -0.05) is 12.5 Å². The highest BCUT2D eigenvalue weighted by atomic mass is 19.1. The maximum Gasteiger partial charge on any atom is 0.303 e. The van der Waals surface area contributed by atoms with Gasteiger partial charge < -0.3 is 15.5 Å². The van der Waals surface area contributed by atoms with E-state index < -0.39 is 23.4 Å². The molecule has 0 aromatic heterocycles. The zero-order chi connectivity index (χ0) is 14.3. The number of phenols is 1. The predicted molar refractivity (Wildman–Crippen MR) is 66.5 cm³/mol. The van der Waals surface area contributed by atoms with Gasteiger partial charge >= 0.3 is 5.97 Å². The van der Waals surface area contributed by atoms with Crippen molar-refractivity contribution in [3.8, 4) is 5.75 Å². The summed E-state index contributed by atoms with van der Waals surface area (Å²) in [4.78, 5) is 21.9. The summed E-state index contributed by atoms with van der Waals surface area (Å²) in [7, 11) is 0. The largest absolute Gasteiger partial charge is 0.507 e. The van der Waals surface area contributed by atoms with Crippen LogP contribution < -0.4 is 5.32 Å². The molecule has 0 radical (unpaired) electrons. The lowest BCUT2D eigenvalue weighted by Crippen LogP contribution is -2.25. The second-order valence-electron chi connectivity index (χ2n) is 4.09. The number of hydrogen-bond donors (Lipinski definition) is 3. The number of rotatable bonds is 7. The van der Waals surface area contributed by atoms with Gasteiger partial charge in [0, 0.05) is 13.0 Å². The fourth-order valence-electron chi connectivity index (χ4n) is 1.61. The van der Waals surface area contributed by atoms with Gasteiger partial charge in [-0.2, -0.15) is 0 Å². The molecule has 0 bridgehead atoms. The van der Waals surface area contributed by atoms with Crippen molar-refractivity contribution in [3.63, 3.8) is 0 Å². The summed E-state index contributed by atoms with van der Waals surface area (Å²) in [6.45, 7) is 0.312. The van der Waals surface area contributed by atoms with Crippen LogP contribution in [0.2, 0.25) is 0 Å². The number of carboxylic acids is 1. The molecule has 19 heavy (non-hydrogen) atoms. The van der Waals surface area contributed by atoms with Crippen LogP contribution in [0.3, 0.4) is 0 Å². The molecule has 1 aromatic carbocycles. The molecule has 0 aliphatic rings. The number of carbonyl (C=O) groups is 2. The molecule has 0 saturated carbocycles. The molecule has 0 spiro atoms. The Hall–Kier alpha value is -2.11. The van der Waals surface area contributed by atoms with Crippen LogP contribution in [0.15, 0.2) is 18.2 Å². The number of hydrogen-bond acceptors (Lipinski definition) is 3. The minimum absolute atomic E-state index is 0.0993. The fourth-order valence-corrected chi connectivity index (χ4v) is 1.61. The normalized spacial score (nSPS) is 10.2. The minimum Gasteiger partial charge on any atom is -0.507 e. The molecule has 1 aromatic rings. The van der Waals surface area contributed by atoms with Crippen molar-refractivity contribution in [2.75, 3.05) is 6.54 Å². The Kier molecular flexibility index (Phi) is 5.78. The number of aromatic hydroxyl groups is 1. The number of phenolic OH excluding ortho intramolecular Hbond substituents is 1. The second kappa shape index (κ2) is 7.35. The molecule has 1 amide bonds. The first kappa shape index (κ1) is 14.9. The van der Waals surface area contributed by atoms with Crippen molar-refractivity contribution < 1.29 is 24.2 Å². The van der Waals surface area contributed by atoms with Crippen molar-refractivity contribution in [1.29, 1.82) is 0 Å². The van der Waals surface area contributed by atoms with E-state index in [2.05, 4.69) is 5.32 Å². The van der Waals surface area contributed by atoms with Crippen LogP contribution in [0.5, 0.6) is 5.75 Å². The van der Waals surface area contributed by atoms with Crippen LogP contribution in [0, 0.1) is 5.82 Å². The zero-order valence-corrected chi connectivity index (χ0v) is 10.4. The quantitative estimate of drug-likeness (QED) is 0.660. The Bertz CT molecular complexity index is 442. The van der Waals surface area contributed by atoms with Gasteiger partial charge in [0.1, 0.15) is 17.1 Å². The molecule has 104 valence electrons. The molecule has 3 N–H and O–H groups in total. The summed E-state index contributed by atoms with van der Waals surface area (Å²) in [5, 5.41) is 20.3. The summed E-state index contributed by atoms with van der Waals surface area (Å²) in [6.07, 6.45) is 1.91. The maximum atomic E-state index is 13.3. The first-order valence-corrected chi connectivity index (χ1v) is 6.00. The third-order valence-electron chi connectivity index (χ3n) is 2.57. The molecule has 0 aliphatic heterocycles. The van der Waals surface area contributed by atoms with E-state index >= 15 is 0 Å². The summed E-state index contributed by atoms with van der Waals surface area (Å²) in [6, 6.07) is 3.65. The lowest BCUT2D eigenvalue weighted by Gasteiger charge is -2.07. The van der Waals surface area contributed by atoms with E-state index in [4.69, 9.17) is 5.11 Å². The average Bonchev–Trinajstić information content (AvgIpc) is 2.33. The highest BCUT2D eigenvalue weighted by molar-refractivity contribution is 5.97. The topological polar surface area (TPSA) is 86.6 Å². The molecular weight excluding hydrogens is 253 g/mol. The molecule has 0 heterocycles. The van der Waals surface area contributed by atoms with E-state index in [1.807, 2.05) is 0 Å². The first-order chi connectivity index (χ1) is 9.02. The van der Waals surface area contributed by atoms with E-state index in [1.54, 1.807) is 0 Å². The molecular formula is C13H16FNO4. The Morgan fingerprint density at radius 1 is 1.21 bits per heavy atom. The second-order valence-corrected chi connectivity index (χ2v) is 4.09. The van der Waals surface area contributed by atoms with Gasteiger partial charge in [0.05, 0.1) is 0 Å². The predicted octanol–water partition coefficient (Wildman–Crippen LogP) is 1.91. The van der Waals surface area contributed by atoms with Gasteiger partial charge in [-0.15, -0.1) is 0 Å². The van der Waals surface area contributed by atoms with Crippen LogP contribution in [0.1, 0.15) is 36.0 Å². The maximum absolute atomic E-state index is 13.3. The number of halogens is 1. The third kappa shape index (κ3) is 4.95. The van der Waals surface area contributed by atoms with Gasteiger partial charge in [0.15, 0.2) is 0 Å². The number of aliphatic carboxylic acids is 1. The molecule has 0 unspecified atom stereocenters. The van der Waals surface area contributed by atoms with Crippen LogP contribution in [0.4, 0.5) is 4.39 Å². The van der Waals surface area contributed by atoms with Crippen LogP contribution in [0.25, 0.3) is 0 Å². The standard InChI is InChI=1S/C13H16FNO4/c14-9-5-4-6-10(16)12(9)13(19)15-8-3-1-2-7-11(17)18/h4-6,16H,1-3,7-8H2,(H,15,19)(H,17,18). The molecule has 6 heteroatoms. The van der Waals surface area contributed by atoms with Crippen molar-refractivity contribution in [1.82, 2.24) is 5.32 Å². The monoisotopic (exact) mass is 269 g/mol. The highest BCUT2D eigenvalue weighted by Crippen LogP contribution is 2.19. The van der Waals surface area contributed by atoms with Gasteiger partial charge in [-0.3, -0.25) is 9.59 Å². The SMILES string of the molecule is O=C(O)CCCCCNC(=O)c1c(O)cccc1F. The van der Waals surface area contributed by atoms with Crippen LogP contribution >= 0.6 is 0 Å². The number of nitrogens with one attached hydrogen (secondary N) is 1. The lowest BCUT2D eigenvalue weighted by molar-refractivity contribution is -0.137. The zero-order valence-electron chi connectivity index (χ0n) is 10.4. The summed E-state index contributed by atoms with van der Waals surface area (Å²) >= 11 is 0. The van der Waals surface area contributed by atoms with Gasteiger partial charge in [-0.05, 0) is 25.0 Å². The van der Waals surface area contributed by atoms with E-state index in [1.165, 1.54) is 12.1 Å². The van der Waals surface area contributed by atoms with Gasteiger partial charge in [0.25, 0.3) is 5.91 Å². The van der Waals surface area contributed by atoms with Crippen molar-refractivity contribution in [2.45, 2.75) is 25.7 Å². The fraction of sp³-hybridized carbons (Fsp3) is 0.385. The van der Waals surface area contributed by atoms with Gasteiger partial charge in [0.2, 0.25) is 0 Å². The van der Waals surface area contributed by atoms with E-state index in [0.717, 1.165) is 6.07 Å². The van der Waals surface area contributed by atoms with Gasteiger partial charge in [-0.25, -0.2) is 4.39 Å². The molecule has 5 nitrogen and oxygen atoms in total. The molecule has 0 fully saturated rings. The van der Waals surface area contributed by atoms with Crippen molar-refractivity contribution in [3.05, 3.63) is 29.6 Å². The van der Waals surface area contributed by atoms with E-state index in [-0.39, 0.29) is 12.0 Å². The number of carboxylic acid groups (broad SMARTS) is 1. The highest BCUT2D eigenvalue weighted by Gasteiger charge is 2.15. The summed E-state index contributed by atoms with van der Waals surface area (Å²) in [5.41, 5.74) is -0.368.